The van der Waals surface area contributed by atoms with Gasteiger partial charge in [-0.05, 0) is 24.2 Å². The minimum absolute atomic E-state index is 0.212. The summed E-state index contributed by atoms with van der Waals surface area (Å²) in [6.07, 6.45) is 0. The van der Waals surface area contributed by atoms with Gasteiger partial charge in [-0.25, -0.2) is 0 Å². The van der Waals surface area contributed by atoms with E-state index in [9.17, 15) is 9.90 Å². The normalized spacial score (nSPS) is 13.8. The summed E-state index contributed by atoms with van der Waals surface area (Å²) in [5.41, 5.74) is -0.734. The second kappa shape index (κ2) is 4.00. The molecule has 0 saturated heterocycles. The SMILES string of the molecule is [2H]c1c([2H])c([2H])c(-c2nc(=O)c3ccccc3o2)c(O)c1[2H]. The van der Waals surface area contributed by atoms with Crippen molar-refractivity contribution in [2.75, 3.05) is 0 Å². The van der Waals surface area contributed by atoms with Crippen LogP contribution < -0.4 is 5.56 Å². The second-order valence-electron chi connectivity index (χ2n) is 3.54. The van der Waals surface area contributed by atoms with Crippen LogP contribution in [0.3, 0.4) is 0 Å². The van der Waals surface area contributed by atoms with Crippen molar-refractivity contribution < 1.29 is 15.0 Å². The zero-order valence-electron chi connectivity index (χ0n) is 13.0. The van der Waals surface area contributed by atoms with Crippen LogP contribution in [0, 0.1) is 0 Å². The lowest BCUT2D eigenvalue weighted by Crippen LogP contribution is -2.06. The van der Waals surface area contributed by atoms with Crippen molar-refractivity contribution >= 4 is 11.0 Å². The molecule has 0 spiro atoms. The van der Waals surface area contributed by atoms with E-state index in [-0.39, 0.29) is 22.4 Å². The Labute approximate surface area is 108 Å². The first-order valence-electron chi connectivity index (χ1n) is 7.11. The van der Waals surface area contributed by atoms with Gasteiger partial charge in [-0.3, -0.25) is 4.79 Å². The number of para-hydroxylation sites is 2. The third-order valence-corrected chi connectivity index (χ3v) is 2.41. The van der Waals surface area contributed by atoms with Crippen molar-refractivity contribution in [3.63, 3.8) is 0 Å². The van der Waals surface area contributed by atoms with E-state index in [1.807, 2.05) is 0 Å². The van der Waals surface area contributed by atoms with Crippen molar-refractivity contribution in [2.24, 2.45) is 0 Å². The number of hydrogen-bond acceptors (Lipinski definition) is 4. The Morgan fingerprint density at radius 2 is 2.00 bits per heavy atom. The van der Waals surface area contributed by atoms with Gasteiger partial charge in [0.25, 0.3) is 5.56 Å². The number of hydrogen-bond donors (Lipinski definition) is 1. The lowest BCUT2D eigenvalue weighted by molar-refractivity contribution is 0.473. The van der Waals surface area contributed by atoms with E-state index in [2.05, 4.69) is 4.98 Å². The average molecular weight is 243 g/mol. The molecule has 4 heteroatoms. The predicted molar refractivity (Wildman–Crippen MR) is 67.4 cm³/mol. The van der Waals surface area contributed by atoms with Crippen LogP contribution in [-0.2, 0) is 0 Å². The Morgan fingerprint density at radius 1 is 1.22 bits per heavy atom. The molecule has 0 amide bonds. The molecule has 1 heterocycles. The molecule has 0 unspecified atom stereocenters. The molecule has 0 radical (unpaired) electrons. The van der Waals surface area contributed by atoms with E-state index in [0.717, 1.165) is 0 Å². The molecular formula is C14H9NO3. The Hall–Kier alpha value is -2.62. The van der Waals surface area contributed by atoms with Crippen molar-refractivity contribution in [1.82, 2.24) is 4.98 Å². The Kier molecular flexibility index (Phi) is 1.54. The number of rotatable bonds is 1. The molecule has 0 atom stereocenters. The van der Waals surface area contributed by atoms with Crippen molar-refractivity contribution in [3.8, 4) is 17.2 Å². The summed E-state index contributed by atoms with van der Waals surface area (Å²) in [4.78, 5) is 15.7. The lowest BCUT2D eigenvalue weighted by atomic mass is 10.2. The first-order valence-corrected chi connectivity index (χ1v) is 5.11. The maximum atomic E-state index is 12.0. The van der Waals surface area contributed by atoms with Crippen LogP contribution in [-0.4, -0.2) is 10.1 Å². The van der Waals surface area contributed by atoms with Crippen LogP contribution in [0.4, 0.5) is 0 Å². The molecule has 4 nitrogen and oxygen atoms in total. The Balaban J connectivity index is 2.40. The van der Waals surface area contributed by atoms with E-state index in [4.69, 9.17) is 9.90 Å². The van der Waals surface area contributed by atoms with Gasteiger partial charge in [0, 0.05) is 0 Å². The molecule has 0 aliphatic heterocycles. The van der Waals surface area contributed by atoms with Crippen LogP contribution in [0.2, 0.25) is 0 Å². The molecule has 3 aromatic rings. The van der Waals surface area contributed by atoms with Crippen LogP contribution in [0.1, 0.15) is 5.48 Å². The third kappa shape index (κ3) is 1.64. The highest BCUT2D eigenvalue weighted by molar-refractivity contribution is 5.77. The zero-order valence-corrected chi connectivity index (χ0v) is 9.02. The van der Waals surface area contributed by atoms with Gasteiger partial charge in [0.15, 0.2) is 0 Å². The molecule has 0 bridgehead atoms. The summed E-state index contributed by atoms with van der Waals surface area (Å²) in [5, 5.41) is 10.2. The maximum Gasteiger partial charge on any atom is 0.284 e. The minimum Gasteiger partial charge on any atom is -0.507 e. The summed E-state index contributed by atoms with van der Waals surface area (Å²) in [6.45, 7) is 0. The van der Waals surface area contributed by atoms with Gasteiger partial charge in [0.1, 0.15) is 11.3 Å². The van der Waals surface area contributed by atoms with Crippen molar-refractivity contribution in [1.29, 1.82) is 0 Å². The third-order valence-electron chi connectivity index (χ3n) is 2.41. The number of fused-ring (bicyclic) bond motifs is 1. The van der Waals surface area contributed by atoms with Gasteiger partial charge in [-0.2, -0.15) is 4.98 Å². The zero-order chi connectivity index (χ0) is 16.0. The molecule has 18 heavy (non-hydrogen) atoms. The standard InChI is InChI=1S/C14H9NO3/c16-11-7-3-1-5-9(11)14-15-13(17)10-6-2-4-8-12(10)18-14/h1-8,16H/i1D,3D,5D,7D. The van der Waals surface area contributed by atoms with Crippen LogP contribution in [0.15, 0.2) is 57.6 Å². The molecule has 1 aromatic heterocycles. The number of phenols is 1. The maximum absolute atomic E-state index is 12.0. The molecular weight excluding hydrogens is 230 g/mol. The quantitative estimate of drug-likeness (QED) is 0.713. The minimum atomic E-state index is -0.711. The molecule has 3 rings (SSSR count). The molecule has 0 aliphatic rings. The summed E-state index contributed by atoms with van der Waals surface area (Å²) in [6, 6.07) is 4.09. The second-order valence-corrected chi connectivity index (χ2v) is 3.54. The molecule has 88 valence electrons. The van der Waals surface area contributed by atoms with E-state index >= 15 is 0 Å². The van der Waals surface area contributed by atoms with Gasteiger partial charge in [0.2, 0.25) is 5.89 Å². The van der Waals surface area contributed by atoms with Crippen LogP contribution in [0.5, 0.6) is 5.75 Å². The number of phenolic OH excluding ortho intramolecular Hbond substituents is 1. The van der Waals surface area contributed by atoms with E-state index in [0.29, 0.717) is 0 Å². The number of nitrogens with zero attached hydrogens (tertiary/aromatic N) is 1. The molecule has 2 aromatic carbocycles. The number of benzene rings is 2. The van der Waals surface area contributed by atoms with Gasteiger partial charge in [0.05, 0.1) is 16.4 Å². The van der Waals surface area contributed by atoms with Gasteiger partial charge < -0.3 is 9.52 Å². The molecule has 0 fully saturated rings. The van der Waals surface area contributed by atoms with E-state index in [1.54, 1.807) is 12.1 Å². The summed E-state index contributed by atoms with van der Waals surface area (Å²) < 4.78 is 36.0. The van der Waals surface area contributed by atoms with Crippen LogP contribution >= 0.6 is 0 Å². The van der Waals surface area contributed by atoms with Gasteiger partial charge in [-0.1, -0.05) is 24.2 Å². The fourth-order valence-electron chi connectivity index (χ4n) is 1.58. The largest absolute Gasteiger partial charge is 0.507 e. The Bertz CT molecular complexity index is 939. The summed E-state index contributed by atoms with van der Waals surface area (Å²) >= 11 is 0. The van der Waals surface area contributed by atoms with Crippen molar-refractivity contribution in [2.45, 2.75) is 0 Å². The summed E-state index contributed by atoms with van der Waals surface area (Å²) in [5.74, 6) is -1.06. The molecule has 1 N–H and O–H groups in total. The van der Waals surface area contributed by atoms with Crippen LogP contribution in [0.25, 0.3) is 22.4 Å². The monoisotopic (exact) mass is 243 g/mol. The summed E-state index contributed by atoms with van der Waals surface area (Å²) in [7, 11) is 0. The number of aromatic nitrogens is 1. The fraction of sp³-hybridized carbons (Fsp3) is 0. The van der Waals surface area contributed by atoms with E-state index in [1.165, 1.54) is 12.1 Å². The molecule has 0 aliphatic carbocycles. The highest BCUT2D eigenvalue weighted by Gasteiger charge is 2.10. The van der Waals surface area contributed by atoms with E-state index < -0.39 is 35.5 Å². The fourth-order valence-corrected chi connectivity index (χ4v) is 1.58. The predicted octanol–water partition coefficient (Wildman–Crippen LogP) is 2.56. The highest BCUT2D eigenvalue weighted by atomic mass is 16.3. The van der Waals surface area contributed by atoms with Gasteiger partial charge >= 0.3 is 0 Å². The highest BCUT2D eigenvalue weighted by Crippen LogP contribution is 2.27. The smallest absolute Gasteiger partial charge is 0.284 e. The van der Waals surface area contributed by atoms with Gasteiger partial charge in [-0.15, -0.1) is 0 Å². The first kappa shape index (κ1) is 6.96. The average Bonchev–Trinajstić information content (AvgIpc) is 2.51. The number of aromatic hydroxyl groups is 1. The molecule has 0 saturated carbocycles. The Morgan fingerprint density at radius 3 is 2.89 bits per heavy atom. The topological polar surface area (TPSA) is 63.3 Å². The van der Waals surface area contributed by atoms with Crippen molar-refractivity contribution in [3.05, 3.63) is 58.8 Å². The first-order chi connectivity index (χ1) is 10.4. The lowest BCUT2D eigenvalue weighted by Gasteiger charge is -2.03.